The lowest BCUT2D eigenvalue weighted by molar-refractivity contribution is -0.104. The van der Waals surface area contributed by atoms with E-state index in [0.717, 1.165) is 0 Å². The summed E-state index contributed by atoms with van der Waals surface area (Å²) in [6.45, 7) is 0.0302. The van der Waals surface area contributed by atoms with Crippen molar-refractivity contribution in [3.8, 4) is 23.6 Å². The molecule has 4 amide bonds. The molecular weight excluding hydrogens is 1920 g/mol. The molecule has 0 radical (unpaired) electrons. The van der Waals surface area contributed by atoms with Gasteiger partial charge in [0.1, 0.15) is 99.4 Å². The number of aromatic nitrogens is 16. The third kappa shape index (κ3) is 21.2. The van der Waals surface area contributed by atoms with Crippen LogP contribution in [0.4, 0.5) is 40.8 Å². The molecule has 746 valence electrons. The van der Waals surface area contributed by atoms with Gasteiger partial charge in [-0.2, -0.15) is 10.5 Å². The van der Waals surface area contributed by atoms with Crippen molar-refractivity contribution in [1.82, 2.24) is 78.1 Å². The minimum atomic E-state index is -3.53. The number of methoxy groups -OCH3 is 2. The van der Waals surface area contributed by atoms with Crippen LogP contribution in [0.25, 0.3) is 44.7 Å². The van der Waals surface area contributed by atoms with Gasteiger partial charge < -0.3 is 64.6 Å². The van der Waals surface area contributed by atoms with Crippen LogP contribution >= 0.6 is 15.6 Å². The van der Waals surface area contributed by atoms with E-state index >= 15 is 17.6 Å². The Morgan fingerprint density at radius 3 is 1.05 bits per heavy atom. The van der Waals surface area contributed by atoms with Crippen molar-refractivity contribution >= 4 is 122 Å². The average Bonchev–Trinajstić information content (AvgIpc) is 1.71. The van der Waals surface area contributed by atoms with Gasteiger partial charge in [0.2, 0.25) is 30.8 Å². The minimum Gasteiger partial charge on any atom is -0.497 e. The maximum Gasteiger partial charge on any atom is 0.256 e. The number of hydrogen-bond donors (Lipinski definition) is 6. The SMILES string of the molecule is [BH3-][P+](OCCC#N)(OC[C@H]1O[C@@H](n2cnc3c(NC(=O)c4ccccc4)ncnc32)C(F)[C@H]1O)OC1[C@@H](CO)O[C@@H](n2cnc3c(NC(=O)c4ccccc4)ncnc32)[C@H]1F.[BH3-][P+](OCCC#N)(OC[C@H]1O[C@@H](n2cnc3c(NC(=O)c4ccccc4)ncnc32)C(F)[C@H]1OC(c1ccccc1)(c1ccc(OC)cc1)c1ccc(OC)cc1)OC1[C@@H](CC)O[C@@H](n2cnc3c(NC(=O)c4ccccc4)ncnc32)[C@H]1F. The number of nitriles is 2. The number of amides is 4. The lowest BCUT2D eigenvalue weighted by atomic mass is 9.79. The first kappa shape index (κ1) is 100. The number of ether oxygens (including phenoxy) is 7. The normalized spacial score (nSPS) is 22.7. The number of fused-ring (bicyclic) bond motifs is 4. The molecule has 4 aliphatic rings. The first-order valence-electron chi connectivity index (χ1n) is 44.7. The molecular formula is C96H94B2F4N22O19P2. The molecule has 0 saturated carbocycles. The minimum absolute atomic E-state index is 0.0441. The highest BCUT2D eigenvalue weighted by Gasteiger charge is 2.58. The fourth-order valence-electron chi connectivity index (χ4n) is 16.6. The second kappa shape index (κ2) is 44.7. The summed E-state index contributed by atoms with van der Waals surface area (Å²) in [5, 5.41) is 51.2. The zero-order valence-corrected chi connectivity index (χ0v) is 77.6. The Morgan fingerprint density at radius 2 is 0.710 bits per heavy atom. The van der Waals surface area contributed by atoms with Gasteiger partial charge in [0.15, 0.2) is 130 Å². The van der Waals surface area contributed by atoms with Crippen LogP contribution in [-0.4, -0.2) is 248 Å². The number of halogens is 4. The third-order valence-corrected chi connectivity index (χ3v) is 26.0. The van der Waals surface area contributed by atoms with Crippen LogP contribution in [0.15, 0.2) is 251 Å². The molecule has 7 aromatic carbocycles. The summed E-state index contributed by atoms with van der Waals surface area (Å²) in [6, 6.07) is 62.0. The molecule has 49 heteroatoms. The Morgan fingerprint density at radius 1 is 0.407 bits per heavy atom. The van der Waals surface area contributed by atoms with Crippen molar-refractivity contribution in [2.24, 2.45) is 0 Å². The molecule has 6 N–H and O–H groups in total. The second-order valence-electron chi connectivity index (χ2n) is 32.3. The fraction of sp³-hybridized carbons (Fsp3) is 0.292. The molecule has 4 fully saturated rings. The van der Waals surface area contributed by atoms with Gasteiger partial charge in [-0.1, -0.05) is 134 Å². The number of aliphatic hydroxyl groups excluding tert-OH is 2. The molecule has 145 heavy (non-hydrogen) atoms. The van der Waals surface area contributed by atoms with Crippen molar-refractivity contribution in [3.63, 3.8) is 0 Å². The first-order valence-corrected chi connectivity index (χ1v) is 46.9. The predicted molar refractivity (Wildman–Crippen MR) is 522 cm³/mol. The maximum absolute atomic E-state index is 18.6. The molecule has 0 aliphatic carbocycles. The quantitative estimate of drug-likeness (QED) is 0.00692. The van der Waals surface area contributed by atoms with E-state index in [1.165, 1.54) is 68.9 Å². The summed E-state index contributed by atoms with van der Waals surface area (Å²) >= 11 is 0. The van der Waals surface area contributed by atoms with E-state index < -0.39 is 178 Å². The maximum atomic E-state index is 18.6. The summed E-state index contributed by atoms with van der Waals surface area (Å²) in [5.41, 5.74) is 3.03. The molecule has 19 rings (SSSR count). The Balaban J connectivity index is 0.000000200. The van der Waals surface area contributed by atoms with Gasteiger partial charge in [0.25, 0.3) is 23.6 Å². The summed E-state index contributed by atoms with van der Waals surface area (Å²) in [4.78, 5) is 104. The predicted octanol–water partition coefficient (Wildman–Crippen LogP) is 11.2. The largest absolute Gasteiger partial charge is 0.497 e. The Kier molecular flexibility index (Phi) is 31.0. The number of rotatable bonds is 37. The highest BCUT2D eigenvalue weighted by molar-refractivity contribution is 7.86. The van der Waals surface area contributed by atoms with Gasteiger partial charge in [0, 0.05) is 22.3 Å². The van der Waals surface area contributed by atoms with Gasteiger partial charge in [-0.3, -0.25) is 37.4 Å². The number of benzene rings is 7. The fourth-order valence-corrected chi connectivity index (χ4v) is 19.0. The number of carbonyl (C=O) groups is 4. The van der Waals surface area contributed by atoms with Gasteiger partial charge in [-0.25, -0.2) is 105 Å². The van der Waals surface area contributed by atoms with Crippen LogP contribution < -0.4 is 30.7 Å². The first-order chi connectivity index (χ1) is 70.5. The molecule has 18 atom stereocenters. The number of nitrogens with one attached hydrogen (secondary N) is 4. The van der Waals surface area contributed by atoms with E-state index in [9.17, 15) is 39.9 Å². The van der Waals surface area contributed by atoms with Crippen molar-refractivity contribution in [2.45, 2.75) is 130 Å². The summed E-state index contributed by atoms with van der Waals surface area (Å²) in [5.74, 6) is -0.286. The number of alkyl halides is 4. The molecule has 0 bridgehead atoms. The highest BCUT2D eigenvalue weighted by Crippen LogP contribution is 2.63. The van der Waals surface area contributed by atoms with E-state index in [-0.39, 0.29) is 94.0 Å². The zero-order valence-electron chi connectivity index (χ0n) is 75.9. The summed E-state index contributed by atoms with van der Waals surface area (Å²) in [6.07, 6.45) is -13.8. The Labute approximate surface area is 826 Å². The molecule has 4 saturated heterocycles. The number of carbonyl (C=O) groups excluding carboxylic acids is 4. The summed E-state index contributed by atoms with van der Waals surface area (Å²) in [7, 11) is -6.22. The molecule has 8 aromatic heterocycles. The zero-order chi connectivity index (χ0) is 101. The van der Waals surface area contributed by atoms with Gasteiger partial charge in [0.05, 0.1) is 77.2 Å². The summed E-state index contributed by atoms with van der Waals surface area (Å²) < 4.78 is 156. The smallest absolute Gasteiger partial charge is 0.256 e. The number of hydrogen-bond acceptors (Lipinski definition) is 33. The van der Waals surface area contributed by atoms with E-state index in [4.69, 9.17) is 60.3 Å². The van der Waals surface area contributed by atoms with Gasteiger partial charge in [-0.15, -0.1) is 0 Å². The average molecular weight is 2020 g/mol. The van der Waals surface area contributed by atoms with E-state index in [0.29, 0.717) is 56.9 Å². The topological polar surface area (TPSA) is 499 Å². The number of aliphatic hydroxyl groups is 2. The van der Waals surface area contributed by atoms with Crippen molar-refractivity contribution in [3.05, 3.63) is 290 Å². The number of anilines is 4. The Bertz CT molecular complexity index is 7120. The molecule has 12 heterocycles. The third-order valence-electron chi connectivity index (χ3n) is 23.7. The van der Waals surface area contributed by atoms with E-state index in [1.807, 2.05) is 67.6 Å². The van der Waals surface area contributed by atoms with Crippen LogP contribution in [0.2, 0.25) is 0 Å². The molecule has 41 nitrogen and oxygen atoms in total. The number of imidazole rings is 4. The van der Waals surface area contributed by atoms with E-state index in [2.05, 4.69) is 87.1 Å². The number of nitrogens with zero attached hydrogens (tertiary/aromatic N) is 18. The van der Waals surface area contributed by atoms with E-state index in [1.54, 1.807) is 160 Å². The van der Waals surface area contributed by atoms with Crippen LogP contribution in [0.1, 0.15) is 109 Å². The van der Waals surface area contributed by atoms with Gasteiger partial charge in [-0.05, 0) is 95.9 Å². The van der Waals surface area contributed by atoms with Crippen LogP contribution in [0.5, 0.6) is 11.5 Å². The highest BCUT2D eigenvalue weighted by atomic mass is 31.2. The monoisotopic (exact) mass is 2020 g/mol. The van der Waals surface area contributed by atoms with Crippen molar-refractivity contribution < 1.29 is 107 Å². The second-order valence-corrected chi connectivity index (χ2v) is 34.7. The van der Waals surface area contributed by atoms with Crippen molar-refractivity contribution in [1.29, 1.82) is 10.5 Å². The Hall–Kier alpha value is -14.6. The lowest BCUT2D eigenvalue weighted by Crippen LogP contribution is -2.44. The van der Waals surface area contributed by atoms with Crippen LogP contribution in [0.3, 0.4) is 0 Å². The molecule has 4 aliphatic heterocycles. The van der Waals surface area contributed by atoms with Crippen LogP contribution in [-0.2, 0) is 56.4 Å². The van der Waals surface area contributed by atoms with Crippen molar-refractivity contribution in [2.75, 3.05) is 68.5 Å². The molecule has 15 aromatic rings. The van der Waals surface area contributed by atoms with Crippen LogP contribution in [0, 0.1) is 22.7 Å². The molecule has 6 unspecified atom stereocenters. The molecule has 0 spiro atoms. The van der Waals surface area contributed by atoms with Gasteiger partial charge >= 0.3 is 0 Å². The standard InChI is InChI=1S/C59H57BF2N11O10P.C37H37BF2N11O9P/c1-4-43-50(46(62)58(80-43)73-35-69-48-52(65-33-67-54(48)73)71-56(75)37-17-10-6-11-18-37)83-84(60,78-30-14-29-63)79-31-44-49(45(61)57(81-44)72-34-68-47-51(64-32-66-53(47)72)70-55(74)36-15-8-5-9-16-36)82-59(38-19-12-7-13-20-38,39-21-25-41(76-2)26-22-39)40-23-27-42(77-3)28-24-40;38-61(56-13-7-12-41,57-15-23-28(53)24(39)36(59-23)50-18-46-26-30(42-16-44-32(26)50)48-34(54)20-8-3-1-4-9-20)60-29-22(14-52)58-37(25(29)40)51-19-47-27-31(43-17-45-33(27)51)49-35(55)21-10-5-2-6-11-21/h5-13,15-28,32-35,43-46,49-50,57-58H,4,14,30-31H2,1-3,60H3,(H,64,66,70,74)(H,65,67,71,75);1-6,8-11,16-19,22-25,28-29,36-37,52-53H,7,13-15H2,38H3,(H,42,44,48,54)(H,43,45,49,55)/t43-,44-,45?,46+,49+,50?,57-,58-,84?;22-,23-,24?,25+,28+,29?,36-,37-,61?/m11/s1. The lowest BCUT2D eigenvalue weighted by Gasteiger charge is -2.39.